The molecule has 2 aromatic carbocycles. The Labute approximate surface area is 119 Å². The summed E-state index contributed by atoms with van der Waals surface area (Å²) in [6, 6.07) is 14.8. The van der Waals surface area contributed by atoms with E-state index in [0.717, 1.165) is 10.6 Å². The maximum absolute atomic E-state index is 12.9. The molecule has 3 rings (SSSR count). The van der Waals surface area contributed by atoms with E-state index in [0.29, 0.717) is 5.56 Å². The first-order chi connectivity index (χ1) is 9.70. The molecule has 1 heterocycles. The van der Waals surface area contributed by atoms with Crippen LogP contribution in [0.2, 0.25) is 0 Å². The van der Waals surface area contributed by atoms with Crippen LogP contribution < -0.4 is 4.90 Å². The molecule has 0 saturated carbocycles. The molecule has 0 fully saturated rings. The second-order valence-corrected chi connectivity index (χ2v) is 5.37. The average Bonchev–Trinajstić information content (AvgIpc) is 2.85. The van der Waals surface area contributed by atoms with E-state index in [1.807, 2.05) is 18.2 Å². The van der Waals surface area contributed by atoms with E-state index in [2.05, 4.69) is 6.07 Å². The quantitative estimate of drug-likeness (QED) is 0.806. The van der Waals surface area contributed by atoms with Gasteiger partial charge in [-0.1, -0.05) is 23.9 Å². The highest BCUT2D eigenvalue weighted by atomic mass is 32.2. The number of nitrogens with zero attached hydrogens (tertiary/aromatic N) is 2. The number of carbonyl (C=O) groups excluding carboxylic acids is 1. The van der Waals surface area contributed by atoms with Crippen molar-refractivity contribution in [3.8, 4) is 6.07 Å². The van der Waals surface area contributed by atoms with Crippen molar-refractivity contribution < 1.29 is 9.18 Å². The predicted molar refractivity (Wildman–Crippen MR) is 74.9 cm³/mol. The number of fused-ring (bicyclic) bond motifs is 1. The smallest absolute Gasteiger partial charge is 0.260 e. The van der Waals surface area contributed by atoms with Crippen LogP contribution in [0.15, 0.2) is 53.4 Å². The van der Waals surface area contributed by atoms with Crippen molar-refractivity contribution in [2.75, 3.05) is 4.90 Å². The maximum Gasteiger partial charge on any atom is 0.260 e. The number of thioether (sulfide) groups is 1. The maximum atomic E-state index is 12.9. The number of hydrogen-bond acceptors (Lipinski definition) is 3. The molecule has 1 atom stereocenters. The van der Waals surface area contributed by atoms with Crippen LogP contribution in [-0.4, -0.2) is 11.3 Å². The number of nitriles is 1. The Morgan fingerprint density at radius 3 is 2.60 bits per heavy atom. The Morgan fingerprint density at radius 1 is 1.20 bits per heavy atom. The van der Waals surface area contributed by atoms with E-state index in [1.54, 1.807) is 6.07 Å². The van der Waals surface area contributed by atoms with Gasteiger partial charge in [0.25, 0.3) is 5.91 Å². The van der Waals surface area contributed by atoms with Crippen LogP contribution in [0.5, 0.6) is 0 Å². The van der Waals surface area contributed by atoms with Gasteiger partial charge >= 0.3 is 0 Å². The zero-order valence-electron chi connectivity index (χ0n) is 10.3. The third kappa shape index (κ3) is 2.04. The Morgan fingerprint density at radius 2 is 1.90 bits per heavy atom. The highest BCUT2D eigenvalue weighted by Gasteiger charge is 2.34. The Kier molecular flexibility index (Phi) is 3.17. The van der Waals surface area contributed by atoms with Gasteiger partial charge in [-0.2, -0.15) is 5.26 Å². The molecule has 0 radical (unpaired) electrons. The second kappa shape index (κ2) is 4.99. The summed E-state index contributed by atoms with van der Waals surface area (Å²) in [5, 5.41) is 8.63. The SMILES string of the molecule is N#CC1Sc2ccccc2N1C(=O)c1ccc(F)cc1. The molecule has 1 amide bonds. The number of anilines is 1. The van der Waals surface area contributed by atoms with Crippen LogP contribution in [0.4, 0.5) is 10.1 Å². The van der Waals surface area contributed by atoms with Crippen molar-refractivity contribution in [3.63, 3.8) is 0 Å². The van der Waals surface area contributed by atoms with Crippen LogP contribution in [0.1, 0.15) is 10.4 Å². The number of halogens is 1. The monoisotopic (exact) mass is 284 g/mol. The van der Waals surface area contributed by atoms with Crippen LogP contribution in [0.3, 0.4) is 0 Å². The Balaban J connectivity index is 2.02. The number of para-hydroxylation sites is 1. The van der Waals surface area contributed by atoms with Crippen LogP contribution >= 0.6 is 11.8 Å². The first-order valence-corrected chi connectivity index (χ1v) is 6.83. The first kappa shape index (κ1) is 12.7. The lowest BCUT2D eigenvalue weighted by Gasteiger charge is -2.19. The number of carbonyl (C=O) groups is 1. The highest BCUT2D eigenvalue weighted by Crippen LogP contribution is 2.43. The zero-order valence-corrected chi connectivity index (χ0v) is 11.1. The molecule has 1 aliphatic heterocycles. The van der Waals surface area contributed by atoms with Crippen LogP contribution in [-0.2, 0) is 0 Å². The molecule has 0 aliphatic carbocycles. The summed E-state index contributed by atoms with van der Waals surface area (Å²) in [5.41, 5.74) is 1.09. The average molecular weight is 284 g/mol. The van der Waals surface area contributed by atoms with Gasteiger partial charge in [0.15, 0.2) is 5.37 Å². The van der Waals surface area contributed by atoms with Crippen molar-refractivity contribution >= 4 is 23.4 Å². The summed E-state index contributed by atoms with van der Waals surface area (Å²) in [7, 11) is 0. The fraction of sp³-hybridized carbons (Fsp3) is 0.0667. The topological polar surface area (TPSA) is 44.1 Å². The molecule has 0 saturated heterocycles. The van der Waals surface area contributed by atoms with Crippen molar-refractivity contribution in [2.24, 2.45) is 0 Å². The molecule has 2 aromatic rings. The molecule has 1 unspecified atom stereocenters. The van der Waals surface area contributed by atoms with E-state index < -0.39 is 11.2 Å². The van der Waals surface area contributed by atoms with Crippen molar-refractivity contribution in [2.45, 2.75) is 10.3 Å². The molecule has 20 heavy (non-hydrogen) atoms. The first-order valence-electron chi connectivity index (χ1n) is 5.95. The summed E-state index contributed by atoms with van der Waals surface area (Å²) in [4.78, 5) is 14.9. The number of amides is 1. The molecular weight excluding hydrogens is 275 g/mol. The van der Waals surface area contributed by atoms with Crippen LogP contribution in [0, 0.1) is 17.1 Å². The van der Waals surface area contributed by atoms with Crippen LogP contribution in [0.25, 0.3) is 0 Å². The molecule has 3 nitrogen and oxygen atoms in total. The molecule has 1 aliphatic rings. The summed E-state index contributed by atoms with van der Waals surface area (Å²) in [6.45, 7) is 0. The summed E-state index contributed by atoms with van der Waals surface area (Å²) in [6.07, 6.45) is 0. The van der Waals surface area contributed by atoms with Gasteiger partial charge in [0.1, 0.15) is 5.82 Å². The van der Waals surface area contributed by atoms with Crippen molar-refractivity contribution in [3.05, 3.63) is 59.9 Å². The predicted octanol–water partition coefficient (Wildman–Crippen LogP) is 3.43. The minimum atomic E-state index is -0.593. The lowest BCUT2D eigenvalue weighted by atomic mass is 10.1. The number of rotatable bonds is 1. The molecule has 5 heteroatoms. The zero-order chi connectivity index (χ0) is 14.1. The molecule has 0 bridgehead atoms. The largest absolute Gasteiger partial charge is 0.281 e. The van der Waals surface area contributed by atoms with Gasteiger partial charge in [-0.3, -0.25) is 9.69 Å². The van der Waals surface area contributed by atoms with Gasteiger partial charge < -0.3 is 0 Å². The van der Waals surface area contributed by atoms with Crippen molar-refractivity contribution in [1.29, 1.82) is 5.26 Å². The highest BCUT2D eigenvalue weighted by molar-refractivity contribution is 8.00. The summed E-state index contributed by atoms with van der Waals surface area (Å²) < 4.78 is 12.9. The van der Waals surface area contributed by atoms with Gasteiger partial charge in [0, 0.05) is 10.5 Å². The second-order valence-electron chi connectivity index (χ2n) is 4.25. The van der Waals surface area contributed by atoms with Gasteiger partial charge in [-0.15, -0.1) is 0 Å². The minimum Gasteiger partial charge on any atom is -0.281 e. The summed E-state index contributed by atoms with van der Waals surface area (Å²) in [5.74, 6) is -0.691. The third-order valence-corrected chi connectivity index (χ3v) is 4.16. The minimum absolute atomic E-state index is 0.297. The lowest BCUT2D eigenvalue weighted by Crippen LogP contribution is -2.34. The molecule has 0 N–H and O–H groups in total. The fourth-order valence-electron chi connectivity index (χ4n) is 2.09. The van der Waals surface area contributed by atoms with E-state index in [4.69, 9.17) is 0 Å². The summed E-state index contributed by atoms with van der Waals surface area (Å²) >= 11 is 1.34. The van der Waals surface area contributed by atoms with E-state index in [1.165, 1.54) is 40.9 Å². The fourth-order valence-corrected chi connectivity index (χ4v) is 3.14. The van der Waals surface area contributed by atoms with Gasteiger partial charge in [-0.25, -0.2) is 4.39 Å². The Bertz CT molecular complexity index is 709. The van der Waals surface area contributed by atoms with E-state index >= 15 is 0 Å². The molecule has 0 aromatic heterocycles. The van der Waals surface area contributed by atoms with Crippen molar-refractivity contribution in [1.82, 2.24) is 0 Å². The van der Waals surface area contributed by atoms with E-state index in [-0.39, 0.29) is 5.91 Å². The van der Waals surface area contributed by atoms with Gasteiger partial charge in [-0.05, 0) is 36.4 Å². The van der Waals surface area contributed by atoms with Gasteiger partial charge in [0.2, 0.25) is 0 Å². The normalized spacial score (nSPS) is 16.6. The lowest BCUT2D eigenvalue weighted by molar-refractivity contribution is 0.0988. The number of hydrogen-bond donors (Lipinski definition) is 0. The Hall–Kier alpha value is -2.32. The third-order valence-electron chi connectivity index (χ3n) is 3.02. The number of benzene rings is 2. The molecule has 0 spiro atoms. The standard InChI is InChI=1S/C15H9FN2OS/c16-11-7-5-10(6-8-11)15(19)18-12-3-1-2-4-13(12)20-14(18)9-17/h1-8,14H. The van der Waals surface area contributed by atoms with E-state index in [9.17, 15) is 14.4 Å². The molecular formula is C15H9FN2OS. The molecule has 98 valence electrons. The van der Waals surface area contributed by atoms with Gasteiger partial charge in [0.05, 0.1) is 11.8 Å².